The number of carbonyl (C=O) groups excluding carboxylic acids is 1. The van der Waals surface area contributed by atoms with Gasteiger partial charge in [-0.15, -0.1) is 11.8 Å². The van der Waals surface area contributed by atoms with E-state index in [4.69, 9.17) is 4.74 Å². The Hall–Kier alpha value is -1.07. The van der Waals surface area contributed by atoms with Crippen LogP contribution in [-0.2, 0) is 16.1 Å². The third-order valence-corrected chi connectivity index (χ3v) is 3.24. The van der Waals surface area contributed by atoms with E-state index < -0.39 is 5.60 Å². The van der Waals surface area contributed by atoms with E-state index in [9.17, 15) is 9.18 Å². The SMILES string of the molecule is CNCc1cc(F)ccc1SCC(=O)OC(C)(C)C. The Bertz CT molecular complexity index is 444. The van der Waals surface area contributed by atoms with Crippen LogP contribution in [0.4, 0.5) is 4.39 Å². The number of hydrogen-bond acceptors (Lipinski definition) is 4. The number of halogens is 1. The number of carbonyl (C=O) groups is 1. The van der Waals surface area contributed by atoms with E-state index >= 15 is 0 Å². The van der Waals surface area contributed by atoms with Gasteiger partial charge in [-0.3, -0.25) is 4.79 Å². The molecule has 0 bridgehead atoms. The van der Waals surface area contributed by atoms with Crippen LogP contribution in [0.15, 0.2) is 23.1 Å². The third-order valence-electron chi connectivity index (χ3n) is 2.16. The molecule has 0 aliphatic heterocycles. The van der Waals surface area contributed by atoms with E-state index in [1.54, 1.807) is 13.1 Å². The van der Waals surface area contributed by atoms with Gasteiger partial charge in [0.2, 0.25) is 0 Å². The summed E-state index contributed by atoms with van der Waals surface area (Å²) in [6, 6.07) is 4.57. The van der Waals surface area contributed by atoms with Crippen molar-refractivity contribution < 1.29 is 13.9 Å². The van der Waals surface area contributed by atoms with Gasteiger partial charge in [-0.05, 0) is 51.6 Å². The molecule has 1 aromatic carbocycles. The zero-order valence-corrected chi connectivity index (χ0v) is 12.6. The highest BCUT2D eigenvalue weighted by Crippen LogP contribution is 2.24. The second-order valence-electron chi connectivity index (χ2n) is 5.16. The molecule has 0 heterocycles. The van der Waals surface area contributed by atoms with E-state index in [0.717, 1.165) is 10.5 Å². The summed E-state index contributed by atoms with van der Waals surface area (Å²) in [7, 11) is 1.80. The first-order valence-electron chi connectivity index (χ1n) is 6.09. The van der Waals surface area contributed by atoms with E-state index in [1.807, 2.05) is 20.8 Å². The fourth-order valence-electron chi connectivity index (χ4n) is 1.53. The van der Waals surface area contributed by atoms with Gasteiger partial charge in [0, 0.05) is 11.4 Å². The van der Waals surface area contributed by atoms with Crippen molar-refractivity contribution in [1.29, 1.82) is 0 Å². The normalized spacial score (nSPS) is 11.4. The molecule has 1 rings (SSSR count). The van der Waals surface area contributed by atoms with Crippen LogP contribution >= 0.6 is 11.8 Å². The number of ether oxygens (including phenoxy) is 1. The molecular formula is C14H20FNO2S. The molecule has 0 aliphatic rings. The van der Waals surface area contributed by atoms with Gasteiger partial charge in [-0.2, -0.15) is 0 Å². The predicted molar refractivity (Wildman–Crippen MR) is 75.7 cm³/mol. The topological polar surface area (TPSA) is 38.3 Å². The maximum Gasteiger partial charge on any atom is 0.316 e. The highest BCUT2D eigenvalue weighted by molar-refractivity contribution is 8.00. The van der Waals surface area contributed by atoms with Crippen molar-refractivity contribution in [3.8, 4) is 0 Å². The zero-order valence-electron chi connectivity index (χ0n) is 11.7. The van der Waals surface area contributed by atoms with Crippen LogP contribution in [0, 0.1) is 5.82 Å². The van der Waals surface area contributed by atoms with Crippen LogP contribution in [0.3, 0.4) is 0 Å². The summed E-state index contributed by atoms with van der Waals surface area (Å²) in [5, 5.41) is 2.98. The molecule has 106 valence electrons. The molecule has 0 amide bonds. The van der Waals surface area contributed by atoms with Gasteiger partial charge in [0.1, 0.15) is 11.4 Å². The molecule has 0 radical (unpaired) electrons. The van der Waals surface area contributed by atoms with Crippen molar-refractivity contribution in [3.05, 3.63) is 29.6 Å². The zero-order chi connectivity index (χ0) is 14.5. The molecule has 19 heavy (non-hydrogen) atoms. The Morgan fingerprint density at radius 2 is 2.11 bits per heavy atom. The van der Waals surface area contributed by atoms with E-state index in [1.165, 1.54) is 23.9 Å². The molecule has 0 spiro atoms. The van der Waals surface area contributed by atoms with Crippen molar-refractivity contribution in [2.45, 2.75) is 37.8 Å². The van der Waals surface area contributed by atoms with Gasteiger partial charge in [0.05, 0.1) is 5.75 Å². The molecule has 5 heteroatoms. The number of nitrogens with one attached hydrogen (secondary N) is 1. The summed E-state index contributed by atoms with van der Waals surface area (Å²) in [5.74, 6) is -0.316. The third kappa shape index (κ3) is 6.07. The molecule has 0 aliphatic carbocycles. The number of thioether (sulfide) groups is 1. The molecule has 0 unspecified atom stereocenters. The van der Waals surface area contributed by atoms with Crippen LogP contribution in [0.1, 0.15) is 26.3 Å². The molecular weight excluding hydrogens is 265 g/mol. The van der Waals surface area contributed by atoms with Gasteiger partial charge in [-0.1, -0.05) is 0 Å². The Morgan fingerprint density at radius 3 is 2.68 bits per heavy atom. The smallest absolute Gasteiger partial charge is 0.316 e. The second kappa shape index (κ2) is 6.91. The molecule has 0 saturated carbocycles. The first-order chi connectivity index (χ1) is 8.81. The van der Waals surface area contributed by atoms with Gasteiger partial charge >= 0.3 is 5.97 Å². The van der Waals surface area contributed by atoms with Crippen LogP contribution in [0.25, 0.3) is 0 Å². The number of esters is 1. The summed E-state index contributed by atoms with van der Waals surface area (Å²) < 4.78 is 18.4. The highest BCUT2D eigenvalue weighted by Gasteiger charge is 2.16. The molecule has 0 fully saturated rings. The van der Waals surface area contributed by atoms with Crippen molar-refractivity contribution in [2.75, 3.05) is 12.8 Å². The van der Waals surface area contributed by atoms with Gasteiger partial charge in [-0.25, -0.2) is 4.39 Å². The maximum absolute atomic E-state index is 13.2. The van der Waals surface area contributed by atoms with Gasteiger partial charge < -0.3 is 10.1 Å². The molecule has 0 aromatic heterocycles. The molecule has 0 saturated heterocycles. The summed E-state index contributed by atoms with van der Waals surface area (Å²) in [5.41, 5.74) is 0.366. The Balaban J connectivity index is 2.64. The van der Waals surface area contributed by atoms with E-state index in [-0.39, 0.29) is 17.5 Å². The minimum Gasteiger partial charge on any atom is -0.459 e. The van der Waals surface area contributed by atoms with Crippen LogP contribution in [0.2, 0.25) is 0 Å². The molecule has 3 nitrogen and oxygen atoms in total. The lowest BCUT2D eigenvalue weighted by Crippen LogP contribution is -2.24. The van der Waals surface area contributed by atoms with Gasteiger partial charge in [0.15, 0.2) is 0 Å². The van der Waals surface area contributed by atoms with Crippen LogP contribution in [-0.4, -0.2) is 24.4 Å². The molecule has 1 aromatic rings. The summed E-state index contributed by atoms with van der Waals surface area (Å²) in [4.78, 5) is 12.5. The van der Waals surface area contributed by atoms with Crippen molar-refractivity contribution in [1.82, 2.24) is 5.32 Å². The van der Waals surface area contributed by atoms with Gasteiger partial charge in [0.25, 0.3) is 0 Å². The van der Waals surface area contributed by atoms with Crippen molar-refractivity contribution >= 4 is 17.7 Å². The number of hydrogen-bond donors (Lipinski definition) is 1. The maximum atomic E-state index is 13.2. The standard InChI is InChI=1S/C14H20FNO2S/c1-14(2,3)18-13(17)9-19-12-6-5-11(15)7-10(12)8-16-4/h5-7,16H,8-9H2,1-4H3. The Labute approximate surface area is 117 Å². The van der Waals surface area contributed by atoms with Crippen LogP contribution in [0.5, 0.6) is 0 Å². The second-order valence-corrected chi connectivity index (χ2v) is 6.17. The first kappa shape index (κ1) is 16.0. The van der Waals surface area contributed by atoms with E-state index in [2.05, 4.69) is 5.32 Å². The predicted octanol–water partition coefficient (Wildman–Crippen LogP) is 2.98. The van der Waals surface area contributed by atoms with Crippen molar-refractivity contribution in [3.63, 3.8) is 0 Å². The minimum absolute atomic E-state index is 0.222. The molecule has 1 N–H and O–H groups in total. The number of rotatable bonds is 5. The monoisotopic (exact) mass is 285 g/mol. The molecule has 0 atom stereocenters. The van der Waals surface area contributed by atoms with E-state index in [0.29, 0.717) is 6.54 Å². The number of benzene rings is 1. The fourth-order valence-corrected chi connectivity index (χ4v) is 2.34. The largest absolute Gasteiger partial charge is 0.459 e. The van der Waals surface area contributed by atoms with Crippen molar-refractivity contribution in [2.24, 2.45) is 0 Å². The summed E-state index contributed by atoms with van der Waals surface area (Å²) >= 11 is 1.36. The highest BCUT2D eigenvalue weighted by atomic mass is 32.2. The Kier molecular flexibility index (Phi) is 5.82. The summed E-state index contributed by atoms with van der Waals surface area (Å²) in [6.45, 7) is 6.06. The first-order valence-corrected chi connectivity index (χ1v) is 7.08. The van der Waals surface area contributed by atoms with Crippen LogP contribution < -0.4 is 5.32 Å². The average molecular weight is 285 g/mol. The lowest BCUT2D eigenvalue weighted by molar-refractivity contribution is -0.151. The minimum atomic E-state index is -0.478. The Morgan fingerprint density at radius 1 is 1.42 bits per heavy atom. The summed E-state index contributed by atoms with van der Waals surface area (Å²) in [6.07, 6.45) is 0. The lowest BCUT2D eigenvalue weighted by Gasteiger charge is -2.19. The quantitative estimate of drug-likeness (QED) is 0.667. The average Bonchev–Trinajstić information content (AvgIpc) is 2.26. The fraction of sp³-hybridized carbons (Fsp3) is 0.500. The lowest BCUT2D eigenvalue weighted by atomic mass is 10.2.